The van der Waals surface area contributed by atoms with Crippen molar-refractivity contribution in [3.8, 4) is 0 Å². The molecule has 4 unspecified atom stereocenters. The molecular formula is C56H80N17O27P4-. The summed E-state index contributed by atoms with van der Waals surface area (Å²) < 4.78 is 107. The minimum absolute atomic E-state index is 0.0349. The first-order valence-corrected chi connectivity index (χ1v) is 37.6. The highest BCUT2D eigenvalue weighted by molar-refractivity contribution is 7.60. The molecule has 5 aliphatic heterocycles. The summed E-state index contributed by atoms with van der Waals surface area (Å²) in [5, 5.41) is 41.8. The number of aliphatic hydroxyl groups is 4. The number of nitrogens with two attached hydrogens (primary N) is 4. The van der Waals surface area contributed by atoms with Gasteiger partial charge in [-0.05, 0) is 53.7 Å². The van der Waals surface area contributed by atoms with E-state index in [1.807, 2.05) is 0 Å². The minimum atomic E-state index is -5.58. The summed E-state index contributed by atoms with van der Waals surface area (Å²) in [5.74, 6) is -1.04. The number of aromatic nitrogens is 10. The number of fused-ring (bicyclic) bond motifs is 2. The highest BCUT2D eigenvalue weighted by Gasteiger charge is 2.49. The number of amides is 4. The van der Waals surface area contributed by atoms with Crippen LogP contribution >= 0.6 is 31.2 Å². The summed E-state index contributed by atoms with van der Waals surface area (Å²) in [6.45, 7) is 8.87. The Morgan fingerprint density at radius 2 is 1.03 bits per heavy atom. The maximum absolute atomic E-state index is 13.0. The van der Waals surface area contributed by atoms with E-state index in [0.29, 0.717) is 23.1 Å². The molecule has 0 spiro atoms. The largest absolute Gasteiger partial charge is 0.766 e. The second kappa shape index (κ2) is 32.8. The fraction of sp³-hybridized carbons (Fsp3) is 0.571. The molecule has 6 aromatic rings. The van der Waals surface area contributed by atoms with Gasteiger partial charge in [-0.25, -0.2) is 53.0 Å². The number of aliphatic hydroxyl groups excluding tert-OH is 4. The number of phosphoric ester groups is 3. The summed E-state index contributed by atoms with van der Waals surface area (Å²) >= 11 is 0. The summed E-state index contributed by atoms with van der Waals surface area (Å²) in [6.07, 6.45) is -0.334. The van der Waals surface area contributed by atoms with Crippen molar-refractivity contribution in [1.29, 1.82) is 0 Å². The molecule has 0 saturated carbocycles. The Balaban J connectivity index is 0.000000194. The lowest BCUT2D eigenvalue weighted by Crippen LogP contribution is -2.44. The number of carbonyl (C=O) groups excluding carboxylic acids is 4. The van der Waals surface area contributed by atoms with E-state index in [1.54, 1.807) is 87.5 Å². The van der Waals surface area contributed by atoms with Crippen LogP contribution < -0.4 is 46.7 Å². The molecule has 14 N–H and O–H groups in total. The van der Waals surface area contributed by atoms with Crippen LogP contribution in [0.1, 0.15) is 99.6 Å². The van der Waals surface area contributed by atoms with E-state index in [9.17, 15) is 77.4 Å². The van der Waals surface area contributed by atoms with Gasteiger partial charge in [-0.3, -0.25) is 46.7 Å². The van der Waals surface area contributed by atoms with Gasteiger partial charge in [0.25, 0.3) is 27.5 Å². The smallest absolute Gasteiger partial charge is 0.478 e. The molecule has 48 heteroatoms. The van der Waals surface area contributed by atoms with Gasteiger partial charge < -0.3 is 105 Å². The Bertz CT molecular complexity index is 4250. The number of likely N-dealkylation sites (tertiary alicyclic amines) is 2. The molecule has 6 aromatic heterocycles. The van der Waals surface area contributed by atoms with E-state index in [4.69, 9.17) is 65.1 Å². The molecule has 5 fully saturated rings. The van der Waals surface area contributed by atoms with E-state index >= 15 is 0 Å². The van der Waals surface area contributed by atoms with Crippen molar-refractivity contribution in [3.05, 3.63) is 85.5 Å². The molecule has 4 amide bonds. The molecule has 0 radical (unpaired) electrons. The summed E-state index contributed by atoms with van der Waals surface area (Å²) in [7, 11) is -20.2. The van der Waals surface area contributed by atoms with Gasteiger partial charge in [-0.2, -0.15) is 9.13 Å². The molecule has 0 aliphatic carbocycles. The second-order valence-electron chi connectivity index (χ2n) is 26.1. The topological polar surface area (TPSA) is 628 Å². The summed E-state index contributed by atoms with van der Waals surface area (Å²) in [5.41, 5.74) is 22.1. The Morgan fingerprint density at radius 3 is 1.44 bits per heavy atom. The lowest BCUT2D eigenvalue weighted by molar-refractivity contribution is -0.719. The molecule has 5 aliphatic rings. The van der Waals surface area contributed by atoms with Gasteiger partial charge in [0.15, 0.2) is 72.3 Å². The number of rotatable bonds is 21. The minimum Gasteiger partial charge on any atom is -0.766 e. The molecule has 0 bridgehead atoms. The van der Waals surface area contributed by atoms with E-state index in [0.717, 1.165) is 6.33 Å². The van der Waals surface area contributed by atoms with Gasteiger partial charge in [0, 0.05) is 38.1 Å². The second-order valence-corrected chi connectivity index (χ2v) is 32.1. The van der Waals surface area contributed by atoms with Crippen molar-refractivity contribution in [2.75, 3.05) is 77.3 Å². The first-order valence-electron chi connectivity index (χ1n) is 31.7. The molecular weight excluding hydrogens is 1470 g/mol. The summed E-state index contributed by atoms with van der Waals surface area (Å²) in [6, 6.07) is 4.05. The molecule has 104 heavy (non-hydrogen) atoms. The van der Waals surface area contributed by atoms with Crippen LogP contribution in [-0.2, 0) is 64.4 Å². The monoisotopic (exact) mass is 1550 g/mol. The number of imidazole rings is 2. The van der Waals surface area contributed by atoms with E-state index in [2.05, 4.69) is 38.7 Å². The Hall–Kier alpha value is -7.32. The van der Waals surface area contributed by atoms with Crippen LogP contribution in [0.3, 0.4) is 0 Å². The zero-order valence-electron chi connectivity index (χ0n) is 56.5. The van der Waals surface area contributed by atoms with Gasteiger partial charge in [-0.1, -0.05) is 0 Å². The van der Waals surface area contributed by atoms with Gasteiger partial charge >= 0.3 is 20.0 Å². The number of pyridine rings is 2. The van der Waals surface area contributed by atoms with Crippen LogP contribution in [0.15, 0.2) is 74.4 Å². The number of primary amides is 2. The Labute approximate surface area is 591 Å². The predicted octanol–water partition coefficient (Wildman–Crippen LogP) is -2.77. The first-order chi connectivity index (χ1) is 48.6. The number of phosphoric acid groups is 3. The fourth-order valence-electron chi connectivity index (χ4n) is 11.4. The van der Waals surface area contributed by atoms with E-state index in [1.165, 1.54) is 54.8 Å². The van der Waals surface area contributed by atoms with Crippen molar-refractivity contribution in [1.82, 2.24) is 53.5 Å². The normalized spacial score (nSPS) is 26.8. The number of anilines is 2. The SMILES string of the molecule is CC(C)(C)OC(=O)N1C[C@@H]([n+]2cccc(C(N)=O)c2)C[C@H]1COP(=O)([O-])O.CC(C)(C)OC(=O)N1C[C@@H]([n+]2cccc(C(N)=O)c2)C[C@H]1COP(=O)([O-])OP(=O)(O)OC[C@H]1O[C@@H](n2cnc3c(N)ncnc32)[C@H](O)[C@@H]1O.Nc1ncnc2c1ncn2[C@@H]1O[C@H](COP(=O)([O-])N2CCOCC2)[C@@H](O)[C@H]1O. The predicted molar refractivity (Wildman–Crippen MR) is 345 cm³/mol. The Morgan fingerprint density at radius 1 is 0.606 bits per heavy atom. The maximum Gasteiger partial charge on any atom is 0.478 e. The number of carbonyl (C=O) groups is 4. The molecule has 5 saturated heterocycles. The van der Waals surface area contributed by atoms with Crippen molar-refractivity contribution >= 4 is 89.2 Å². The van der Waals surface area contributed by atoms with Crippen molar-refractivity contribution in [2.45, 2.75) is 139 Å². The standard InChI is InChI=1S/C26H36N8O13P2.C16H24N3O7P.C14H21N6O7P/c1-26(2,3)46-25(38)33-9-15(32-6-4-5-14(8-32)22(28)37)7-16(33)10-43-48(39,40)47-49(41,42)44-11-17-19(35)20(36)24(45-17)34-13-31-18-21(27)29-12-30-23(18)34;1-16(2,3)26-15(21)19-9-12(7-13(19)10-25-27(22,23)24)18-6-4-5-11(8-18)14(17)20;15-12-9-13(17-6-16-12)20(7-18-9)14-11(22)10(21)8(27-14)5-26-28(23,24)19-1-3-25-4-2-19/h4-6,8,12-13,15-17,19-20,24,35-36H,7,9-11H2,1-3H3,(H5-,27,28,29,30,37,39,40,41,42);4-6,8,12-13H,7,9-10H2,1-3H3,(H3-,17,20,22,23,24);6-8,10-11,14,21-22H,1-5H2,(H,23,24)(H2,15,16,17)/p-1/t15-,16-,17+,19+,20+,24+;12-,13-;8-,10-,11-,14-/m001/s1. The highest BCUT2D eigenvalue weighted by atomic mass is 31.3. The molecule has 572 valence electrons. The fourth-order valence-corrected chi connectivity index (χ4v) is 15.0. The summed E-state index contributed by atoms with van der Waals surface area (Å²) in [4.78, 5) is 130. The average Bonchev–Trinajstić information content (AvgIpc) is 1.63. The van der Waals surface area contributed by atoms with Crippen LogP contribution in [-0.4, -0.2) is 233 Å². The molecule has 0 aromatic carbocycles. The maximum atomic E-state index is 13.0. The van der Waals surface area contributed by atoms with E-state index < -0.39 is 160 Å². The first kappa shape index (κ1) is 80.8. The van der Waals surface area contributed by atoms with Gasteiger partial charge in [0.05, 0.1) is 77.5 Å². The van der Waals surface area contributed by atoms with Crippen LogP contribution in [0.2, 0.25) is 0 Å². The van der Waals surface area contributed by atoms with Crippen LogP contribution in [0.5, 0.6) is 0 Å². The molecule has 11 heterocycles. The number of hydrogen-bond donors (Lipinski definition) is 10. The zero-order chi connectivity index (χ0) is 76.2. The number of hydrogen-bond acceptors (Lipinski definition) is 33. The van der Waals surface area contributed by atoms with E-state index in [-0.39, 0.29) is 80.2 Å². The van der Waals surface area contributed by atoms with Crippen molar-refractivity contribution < 1.29 is 138 Å². The third-order valence-electron chi connectivity index (χ3n) is 16.3. The third kappa shape index (κ3) is 20.6. The van der Waals surface area contributed by atoms with Gasteiger partial charge in [-0.15, -0.1) is 0 Å². The third-order valence-corrected chi connectivity index (χ3v) is 20.9. The van der Waals surface area contributed by atoms with Crippen LogP contribution in [0.25, 0.3) is 22.3 Å². The van der Waals surface area contributed by atoms with Gasteiger partial charge in [0.2, 0.25) is 7.75 Å². The van der Waals surface area contributed by atoms with Crippen molar-refractivity contribution in [3.63, 3.8) is 0 Å². The van der Waals surface area contributed by atoms with Crippen LogP contribution in [0, 0.1) is 0 Å². The number of ether oxygens (including phenoxy) is 5. The average molecular weight is 1550 g/mol. The lowest BCUT2D eigenvalue weighted by Gasteiger charge is -2.37. The number of morpholine rings is 1. The quantitative estimate of drug-likeness (QED) is 0.0258. The Kier molecular flexibility index (Phi) is 25.5. The van der Waals surface area contributed by atoms with Gasteiger partial charge in [0.1, 0.15) is 82.6 Å². The molecule has 11 rings (SSSR count). The number of nitrogens with zero attached hydrogens (tertiary/aromatic N) is 13. The zero-order valence-corrected chi connectivity index (χ0v) is 60.1. The number of nitrogen functional groups attached to an aromatic ring is 2. The van der Waals surface area contributed by atoms with Crippen molar-refractivity contribution in [2.24, 2.45) is 11.5 Å². The van der Waals surface area contributed by atoms with Crippen LogP contribution in [0.4, 0.5) is 21.2 Å². The lowest BCUT2D eigenvalue weighted by atomic mass is 10.1. The molecule has 44 nitrogen and oxygen atoms in total. The molecule has 16 atom stereocenters. The highest BCUT2D eigenvalue weighted by Crippen LogP contribution is 2.59.